The standard InChI is InChI=1S/C16H26ClNOS/c1-4-18-15(14-13(17)8-11-20-14)16(19-5-2)9-6-12(3)7-10-16/h8,11-12,15,18H,4-7,9-10H2,1-3H3. The van der Waals surface area contributed by atoms with Crippen molar-refractivity contribution in [3.8, 4) is 0 Å². The third-order valence-electron chi connectivity index (χ3n) is 4.39. The summed E-state index contributed by atoms with van der Waals surface area (Å²) < 4.78 is 6.30. The van der Waals surface area contributed by atoms with Crippen LogP contribution < -0.4 is 5.32 Å². The van der Waals surface area contributed by atoms with Crippen LogP contribution in [0.5, 0.6) is 0 Å². The molecule has 1 aliphatic rings. The Morgan fingerprint density at radius 3 is 2.65 bits per heavy atom. The molecule has 0 aromatic carbocycles. The van der Waals surface area contributed by atoms with Crippen LogP contribution in [0.3, 0.4) is 0 Å². The molecule has 1 atom stereocenters. The van der Waals surface area contributed by atoms with Crippen LogP contribution in [0, 0.1) is 5.92 Å². The molecule has 1 unspecified atom stereocenters. The normalized spacial score (nSPS) is 28.5. The molecule has 1 aliphatic carbocycles. The monoisotopic (exact) mass is 315 g/mol. The SMILES string of the molecule is CCNC(c1sccc1Cl)C1(OCC)CCC(C)CC1. The van der Waals surface area contributed by atoms with Crippen molar-refractivity contribution in [1.82, 2.24) is 5.32 Å². The van der Waals surface area contributed by atoms with Crippen LogP contribution >= 0.6 is 22.9 Å². The first kappa shape index (κ1) is 16.3. The van der Waals surface area contributed by atoms with Gasteiger partial charge in [0.05, 0.1) is 16.7 Å². The number of nitrogens with one attached hydrogen (secondary N) is 1. The molecule has 0 amide bonds. The van der Waals surface area contributed by atoms with E-state index >= 15 is 0 Å². The highest BCUT2D eigenvalue weighted by Gasteiger charge is 2.43. The second-order valence-corrected chi connectivity index (χ2v) is 7.16. The lowest BCUT2D eigenvalue weighted by atomic mass is 9.74. The van der Waals surface area contributed by atoms with E-state index in [1.165, 1.54) is 17.7 Å². The van der Waals surface area contributed by atoms with Gasteiger partial charge in [0.25, 0.3) is 0 Å². The zero-order valence-corrected chi connectivity index (χ0v) is 14.3. The maximum absolute atomic E-state index is 6.40. The Kier molecular flexibility index (Phi) is 5.91. The van der Waals surface area contributed by atoms with E-state index in [-0.39, 0.29) is 11.6 Å². The highest BCUT2D eigenvalue weighted by atomic mass is 35.5. The number of ether oxygens (including phenoxy) is 1. The van der Waals surface area contributed by atoms with Crippen molar-refractivity contribution in [2.45, 2.75) is 58.1 Å². The fourth-order valence-corrected chi connectivity index (χ4v) is 4.63. The lowest BCUT2D eigenvalue weighted by Crippen LogP contribution is -2.48. The minimum Gasteiger partial charge on any atom is -0.373 e. The quantitative estimate of drug-likeness (QED) is 0.794. The molecular formula is C16H26ClNOS. The molecule has 0 radical (unpaired) electrons. The van der Waals surface area contributed by atoms with Crippen molar-refractivity contribution >= 4 is 22.9 Å². The minimum atomic E-state index is -0.0915. The number of rotatable bonds is 6. The number of hydrogen-bond acceptors (Lipinski definition) is 3. The smallest absolute Gasteiger partial charge is 0.0884 e. The fraction of sp³-hybridized carbons (Fsp3) is 0.750. The highest BCUT2D eigenvalue weighted by Crippen LogP contribution is 2.46. The molecule has 1 saturated carbocycles. The van der Waals surface area contributed by atoms with E-state index in [2.05, 4.69) is 31.5 Å². The zero-order valence-electron chi connectivity index (χ0n) is 12.7. The summed E-state index contributed by atoms with van der Waals surface area (Å²) >= 11 is 8.14. The number of halogens is 1. The van der Waals surface area contributed by atoms with E-state index in [9.17, 15) is 0 Å². The first-order valence-electron chi connectivity index (χ1n) is 7.73. The molecule has 0 aliphatic heterocycles. The molecule has 0 bridgehead atoms. The van der Waals surface area contributed by atoms with E-state index in [1.807, 2.05) is 6.07 Å². The van der Waals surface area contributed by atoms with Crippen LogP contribution in [0.2, 0.25) is 5.02 Å². The van der Waals surface area contributed by atoms with Gasteiger partial charge >= 0.3 is 0 Å². The first-order chi connectivity index (χ1) is 9.63. The van der Waals surface area contributed by atoms with Gasteiger partial charge in [0, 0.05) is 11.5 Å². The summed E-state index contributed by atoms with van der Waals surface area (Å²) in [6.45, 7) is 8.29. The van der Waals surface area contributed by atoms with Crippen LogP contribution in [-0.2, 0) is 4.74 Å². The van der Waals surface area contributed by atoms with E-state index in [1.54, 1.807) is 11.3 Å². The van der Waals surface area contributed by atoms with Crippen molar-refractivity contribution in [3.63, 3.8) is 0 Å². The number of hydrogen-bond donors (Lipinski definition) is 1. The van der Waals surface area contributed by atoms with E-state index in [0.29, 0.717) is 0 Å². The predicted molar refractivity (Wildman–Crippen MR) is 87.7 cm³/mol. The van der Waals surface area contributed by atoms with Gasteiger partial charge in [-0.2, -0.15) is 0 Å². The van der Waals surface area contributed by atoms with Crippen molar-refractivity contribution in [2.75, 3.05) is 13.2 Å². The van der Waals surface area contributed by atoms with E-state index < -0.39 is 0 Å². The predicted octanol–water partition coefficient (Wildman–Crippen LogP) is 5.04. The molecule has 1 aromatic heterocycles. The Morgan fingerprint density at radius 2 is 2.15 bits per heavy atom. The number of likely N-dealkylation sites (N-methyl/N-ethyl adjacent to an activating group) is 1. The van der Waals surface area contributed by atoms with Gasteiger partial charge in [0.2, 0.25) is 0 Å². The maximum Gasteiger partial charge on any atom is 0.0884 e. The summed E-state index contributed by atoms with van der Waals surface area (Å²) in [5.74, 6) is 0.810. The van der Waals surface area contributed by atoms with Gasteiger partial charge in [-0.15, -0.1) is 11.3 Å². The molecule has 1 aromatic rings. The minimum absolute atomic E-state index is 0.0915. The Labute approximate surface area is 131 Å². The van der Waals surface area contributed by atoms with Gasteiger partial charge in [-0.25, -0.2) is 0 Å². The first-order valence-corrected chi connectivity index (χ1v) is 8.99. The van der Waals surface area contributed by atoms with Gasteiger partial charge in [-0.1, -0.05) is 25.4 Å². The molecule has 114 valence electrons. The molecular weight excluding hydrogens is 290 g/mol. The summed E-state index contributed by atoms with van der Waals surface area (Å²) in [6, 6.07) is 2.21. The molecule has 2 rings (SSSR count). The van der Waals surface area contributed by atoms with E-state index in [4.69, 9.17) is 16.3 Å². The Bertz CT molecular complexity index is 412. The molecule has 4 heteroatoms. The highest BCUT2D eigenvalue weighted by molar-refractivity contribution is 7.10. The molecule has 2 nitrogen and oxygen atoms in total. The maximum atomic E-state index is 6.40. The molecule has 0 saturated heterocycles. The van der Waals surface area contributed by atoms with Crippen LogP contribution in [0.15, 0.2) is 11.4 Å². The van der Waals surface area contributed by atoms with Crippen LogP contribution in [0.1, 0.15) is 57.4 Å². The molecule has 1 heterocycles. The van der Waals surface area contributed by atoms with Crippen molar-refractivity contribution in [3.05, 3.63) is 21.3 Å². The van der Waals surface area contributed by atoms with Crippen molar-refractivity contribution in [1.29, 1.82) is 0 Å². The Morgan fingerprint density at radius 1 is 1.45 bits per heavy atom. The second kappa shape index (κ2) is 7.26. The van der Waals surface area contributed by atoms with Gasteiger partial charge in [-0.05, 0) is 56.5 Å². The van der Waals surface area contributed by atoms with Gasteiger partial charge in [-0.3, -0.25) is 0 Å². The second-order valence-electron chi connectivity index (χ2n) is 5.80. The third kappa shape index (κ3) is 3.38. The van der Waals surface area contributed by atoms with Crippen molar-refractivity contribution < 1.29 is 4.74 Å². The van der Waals surface area contributed by atoms with Gasteiger partial charge in [0.15, 0.2) is 0 Å². The van der Waals surface area contributed by atoms with Gasteiger partial charge < -0.3 is 10.1 Å². The van der Waals surface area contributed by atoms with Crippen molar-refractivity contribution in [2.24, 2.45) is 5.92 Å². The summed E-state index contributed by atoms with van der Waals surface area (Å²) in [7, 11) is 0. The summed E-state index contributed by atoms with van der Waals surface area (Å²) in [5, 5.41) is 6.59. The van der Waals surface area contributed by atoms with Crippen LogP contribution in [0.4, 0.5) is 0 Å². The topological polar surface area (TPSA) is 21.3 Å². The average Bonchev–Trinajstić information content (AvgIpc) is 2.85. The van der Waals surface area contributed by atoms with Gasteiger partial charge in [0.1, 0.15) is 0 Å². The Balaban J connectivity index is 2.30. The summed E-state index contributed by atoms with van der Waals surface area (Å²) in [5.41, 5.74) is -0.0915. The lowest BCUT2D eigenvalue weighted by molar-refractivity contribution is -0.0965. The molecule has 0 spiro atoms. The third-order valence-corrected chi connectivity index (χ3v) is 5.82. The summed E-state index contributed by atoms with van der Waals surface area (Å²) in [4.78, 5) is 1.23. The fourth-order valence-electron chi connectivity index (χ4n) is 3.29. The van der Waals surface area contributed by atoms with E-state index in [0.717, 1.165) is 36.9 Å². The lowest BCUT2D eigenvalue weighted by Gasteiger charge is -2.45. The summed E-state index contributed by atoms with van der Waals surface area (Å²) in [6.07, 6.45) is 4.72. The number of thiophene rings is 1. The largest absolute Gasteiger partial charge is 0.373 e. The Hall–Kier alpha value is -0.0900. The molecule has 20 heavy (non-hydrogen) atoms. The van der Waals surface area contributed by atoms with Crippen LogP contribution in [0.25, 0.3) is 0 Å². The average molecular weight is 316 g/mol. The van der Waals surface area contributed by atoms with Crippen LogP contribution in [-0.4, -0.2) is 18.8 Å². The molecule has 1 fully saturated rings. The zero-order chi connectivity index (χ0) is 14.6. The molecule has 1 N–H and O–H groups in total.